The minimum atomic E-state index is -3.12. The third-order valence-corrected chi connectivity index (χ3v) is 7.66. The van der Waals surface area contributed by atoms with Crippen LogP contribution in [-0.4, -0.2) is 86.0 Å². The third kappa shape index (κ3) is 2.95. The molecular weight excluding hydrogens is 466 g/mol. The Morgan fingerprint density at radius 3 is 2.29 bits per heavy atom. The molecule has 2 saturated carbocycles. The van der Waals surface area contributed by atoms with Crippen LogP contribution in [0.4, 0.5) is 5.69 Å². The van der Waals surface area contributed by atoms with E-state index in [1.165, 1.54) is 32.0 Å². The van der Waals surface area contributed by atoms with Gasteiger partial charge >= 0.3 is 5.69 Å². The average Bonchev–Trinajstić information content (AvgIpc) is 2.75. The third-order valence-electron chi connectivity index (χ3n) is 7.66. The van der Waals surface area contributed by atoms with Crippen LogP contribution in [0.25, 0.3) is 0 Å². The van der Waals surface area contributed by atoms with Crippen molar-refractivity contribution >= 4 is 34.7 Å². The highest BCUT2D eigenvalue weighted by molar-refractivity contribution is 6.32. The molecule has 13 nitrogen and oxygen atoms in total. The number of Topliss-reactive ketones (excluding diaryl/α,β-unsaturated/α-hetero) is 4. The molecule has 0 radical (unpaired) electrons. The summed E-state index contributed by atoms with van der Waals surface area (Å²) < 4.78 is 0. The van der Waals surface area contributed by atoms with Gasteiger partial charge in [0.25, 0.3) is 0 Å². The number of primary amides is 1. The number of benzene rings is 1. The SMILES string of the molecule is CC1c2ccc([N+](=O)[O-])c(O)c2C(=O)C2C(=O)C3(O)C(=O)C(C(N)=O)C(=O)C(N(C)C)C3C(O)C21. The number of amides is 1. The van der Waals surface area contributed by atoms with E-state index in [9.17, 15) is 49.4 Å². The van der Waals surface area contributed by atoms with Crippen LogP contribution in [0.2, 0.25) is 0 Å². The van der Waals surface area contributed by atoms with Crippen molar-refractivity contribution in [1.29, 1.82) is 0 Å². The van der Waals surface area contributed by atoms with Crippen molar-refractivity contribution in [3.8, 4) is 5.75 Å². The lowest BCUT2D eigenvalue weighted by Crippen LogP contribution is -2.77. The number of likely N-dealkylation sites (N-methyl/N-ethyl adjacent to an activating group) is 1. The van der Waals surface area contributed by atoms with E-state index in [0.29, 0.717) is 0 Å². The maximum atomic E-state index is 13.7. The molecule has 0 saturated heterocycles. The number of phenolic OH excluding ortho intramolecular Hbond substituents is 1. The van der Waals surface area contributed by atoms with Crippen molar-refractivity contribution in [2.45, 2.75) is 30.6 Å². The van der Waals surface area contributed by atoms with Crippen molar-refractivity contribution in [3.05, 3.63) is 33.4 Å². The van der Waals surface area contributed by atoms with E-state index in [-0.39, 0.29) is 5.56 Å². The Bertz CT molecular complexity index is 1230. The second-order valence-corrected chi connectivity index (χ2v) is 9.52. The van der Waals surface area contributed by atoms with Gasteiger partial charge < -0.3 is 21.1 Å². The minimum absolute atomic E-state index is 0.126. The predicted octanol–water partition coefficient (Wildman–Crippen LogP) is -1.69. The topological polar surface area (TPSA) is 218 Å². The first-order valence-corrected chi connectivity index (χ1v) is 10.7. The van der Waals surface area contributed by atoms with Crippen LogP contribution in [0.1, 0.15) is 28.8 Å². The van der Waals surface area contributed by atoms with Gasteiger partial charge in [0.2, 0.25) is 11.7 Å². The van der Waals surface area contributed by atoms with Gasteiger partial charge in [0, 0.05) is 12.0 Å². The molecule has 1 aromatic rings. The van der Waals surface area contributed by atoms with E-state index in [1.54, 1.807) is 0 Å². The number of ketones is 4. The van der Waals surface area contributed by atoms with Gasteiger partial charge in [0.15, 0.2) is 34.7 Å². The Balaban J connectivity index is 1.97. The Morgan fingerprint density at radius 1 is 1.17 bits per heavy atom. The Labute approximate surface area is 197 Å². The first-order valence-electron chi connectivity index (χ1n) is 10.7. The van der Waals surface area contributed by atoms with E-state index >= 15 is 0 Å². The van der Waals surface area contributed by atoms with Crippen molar-refractivity contribution < 1.29 is 44.2 Å². The lowest BCUT2D eigenvalue weighted by molar-refractivity contribution is -0.385. The summed E-state index contributed by atoms with van der Waals surface area (Å²) in [7, 11) is 2.78. The summed E-state index contributed by atoms with van der Waals surface area (Å²) in [6.45, 7) is 1.51. The van der Waals surface area contributed by atoms with Crippen LogP contribution in [0, 0.1) is 33.8 Å². The molecule has 3 aliphatic rings. The van der Waals surface area contributed by atoms with Gasteiger partial charge in [-0.05, 0) is 25.6 Å². The van der Waals surface area contributed by atoms with Crippen molar-refractivity contribution in [2.75, 3.05) is 14.1 Å². The van der Waals surface area contributed by atoms with Crippen LogP contribution in [0.15, 0.2) is 12.1 Å². The molecule has 0 bridgehead atoms. The number of hydrogen-bond donors (Lipinski definition) is 4. The summed E-state index contributed by atoms with van der Waals surface area (Å²) in [5.74, 6) is -15.3. The first-order chi connectivity index (χ1) is 16.2. The van der Waals surface area contributed by atoms with E-state index < -0.39 is 98.3 Å². The van der Waals surface area contributed by atoms with Crippen LogP contribution < -0.4 is 5.73 Å². The van der Waals surface area contributed by atoms with Crippen LogP contribution in [-0.2, 0) is 19.2 Å². The van der Waals surface area contributed by atoms with Gasteiger partial charge in [-0.3, -0.25) is 39.0 Å². The van der Waals surface area contributed by atoms with Gasteiger partial charge in [-0.15, -0.1) is 0 Å². The highest BCUT2D eigenvalue weighted by Crippen LogP contribution is 2.55. The molecule has 8 atom stereocenters. The fraction of sp³-hybridized carbons (Fsp3) is 0.500. The summed E-state index contributed by atoms with van der Waals surface area (Å²) in [4.78, 5) is 77.0. The average molecular weight is 489 g/mol. The van der Waals surface area contributed by atoms with Gasteiger partial charge in [0.05, 0.1) is 34.5 Å². The second-order valence-electron chi connectivity index (χ2n) is 9.52. The maximum absolute atomic E-state index is 13.7. The monoisotopic (exact) mass is 489 g/mol. The van der Waals surface area contributed by atoms with E-state index in [4.69, 9.17) is 5.73 Å². The number of nitrogens with zero attached hydrogens (tertiary/aromatic N) is 2. The van der Waals surface area contributed by atoms with Gasteiger partial charge in [-0.25, -0.2) is 0 Å². The van der Waals surface area contributed by atoms with Crippen LogP contribution in [0.3, 0.4) is 0 Å². The molecule has 0 aromatic heterocycles. The molecule has 0 aliphatic heterocycles. The molecule has 1 aromatic carbocycles. The minimum Gasteiger partial charge on any atom is -0.502 e. The molecule has 0 spiro atoms. The zero-order valence-corrected chi connectivity index (χ0v) is 18.9. The lowest BCUT2D eigenvalue weighted by atomic mass is 9.49. The largest absolute Gasteiger partial charge is 0.502 e. The van der Waals surface area contributed by atoms with E-state index in [1.807, 2.05) is 0 Å². The highest BCUT2D eigenvalue weighted by Gasteiger charge is 2.73. The van der Waals surface area contributed by atoms with Crippen molar-refractivity contribution in [3.63, 3.8) is 0 Å². The number of fused-ring (bicyclic) bond motifs is 3. The molecule has 3 aliphatic carbocycles. The molecular formula is C22H23N3O10. The number of aliphatic hydroxyl groups is 2. The fourth-order valence-corrected chi connectivity index (χ4v) is 6.13. The summed E-state index contributed by atoms with van der Waals surface area (Å²) in [6.07, 6.45) is -1.76. The number of nitro benzene ring substituents is 1. The fourth-order valence-electron chi connectivity index (χ4n) is 6.13. The number of carbonyl (C=O) groups is 5. The maximum Gasteiger partial charge on any atom is 0.311 e. The summed E-state index contributed by atoms with van der Waals surface area (Å²) in [5.41, 5.74) is 0.930. The van der Waals surface area contributed by atoms with Gasteiger partial charge in [-0.1, -0.05) is 13.0 Å². The number of aromatic hydroxyl groups is 1. The second kappa shape index (κ2) is 7.73. The number of hydrogen-bond acceptors (Lipinski definition) is 11. The molecule has 5 N–H and O–H groups in total. The number of nitrogens with two attached hydrogens (primary N) is 1. The number of aliphatic hydroxyl groups excluding tert-OH is 1. The van der Waals surface area contributed by atoms with Crippen LogP contribution in [0.5, 0.6) is 5.75 Å². The number of rotatable bonds is 3. The van der Waals surface area contributed by atoms with E-state index in [0.717, 1.165) is 6.07 Å². The molecule has 8 unspecified atom stereocenters. The van der Waals surface area contributed by atoms with Crippen LogP contribution >= 0.6 is 0 Å². The Morgan fingerprint density at radius 2 is 1.77 bits per heavy atom. The highest BCUT2D eigenvalue weighted by atomic mass is 16.6. The number of nitro groups is 1. The standard InChI is InChI=1S/C22H23N3O10/c1-6-7-4-5-8(25(34)35)15(26)10(7)16(27)11-9(6)17(28)13-14(24(2)3)18(29)12(21(23)32)20(31)22(13,33)19(11)30/h4-6,9,11-14,17,26,28,33H,1-3H3,(H2,23,32). The number of carbonyl (C=O) groups excluding carboxylic acids is 5. The summed E-state index contributed by atoms with van der Waals surface area (Å²) >= 11 is 0. The molecule has 1 amide bonds. The number of phenols is 1. The zero-order valence-electron chi connectivity index (χ0n) is 18.9. The van der Waals surface area contributed by atoms with Crippen molar-refractivity contribution in [2.24, 2.45) is 29.4 Å². The summed E-state index contributed by atoms with van der Waals surface area (Å²) in [6, 6.07) is 0.747. The summed E-state index contributed by atoms with van der Waals surface area (Å²) in [5, 5.41) is 44.6. The molecule has 35 heavy (non-hydrogen) atoms. The first kappa shape index (κ1) is 24.6. The smallest absolute Gasteiger partial charge is 0.311 e. The molecule has 0 heterocycles. The predicted molar refractivity (Wildman–Crippen MR) is 114 cm³/mol. The molecule has 4 rings (SSSR count). The van der Waals surface area contributed by atoms with Gasteiger partial charge in [-0.2, -0.15) is 0 Å². The normalized spacial score (nSPS) is 36.5. The molecule has 2 fully saturated rings. The van der Waals surface area contributed by atoms with Crippen molar-refractivity contribution in [1.82, 2.24) is 4.90 Å². The molecule has 13 heteroatoms. The quantitative estimate of drug-likeness (QED) is 0.213. The Kier molecular flexibility index (Phi) is 5.43. The lowest BCUT2D eigenvalue weighted by Gasteiger charge is -2.55. The Hall–Kier alpha value is -3.55. The van der Waals surface area contributed by atoms with Gasteiger partial charge in [0.1, 0.15) is 0 Å². The zero-order chi connectivity index (χ0) is 26.3. The van der Waals surface area contributed by atoms with E-state index in [2.05, 4.69) is 0 Å². The molecule has 186 valence electrons.